The van der Waals surface area contributed by atoms with Crippen LogP contribution in [0.5, 0.6) is 0 Å². The van der Waals surface area contributed by atoms with E-state index < -0.39 is 0 Å². The molecule has 0 bridgehead atoms. The number of hydrogen-bond donors (Lipinski definition) is 1. The van der Waals surface area contributed by atoms with Crippen molar-refractivity contribution in [1.29, 1.82) is 0 Å². The Balaban J connectivity index is 1.63. The highest BCUT2D eigenvalue weighted by atomic mass is 32.1. The molecule has 0 aliphatic carbocycles. The SMILES string of the molecule is Fc1ccc(-c2nnc(NC[C@H]3CCCO3)s2)cc1. The van der Waals surface area contributed by atoms with Gasteiger partial charge >= 0.3 is 0 Å². The molecule has 19 heavy (non-hydrogen) atoms. The predicted octanol–water partition coefficient (Wildman–Crippen LogP) is 2.94. The van der Waals surface area contributed by atoms with Crippen LogP contribution in [0.25, 0.3) is 10.6 Å². The van der Waals surface area contributed by atoms with E-state index in [1.54, 1.807) is 12.1 Å². The first kappa shape index (κ1) is 12.5. The highest BCUT2D eigenvalue weighted by Crippen LogP contribution is 2.26. The number of rotatable bonds is 4. The molecule has 2 heterocycles. The molecule has 1 aliphatic rings. The first-order chi connectivity index (χ1) is 9.31. The largest absolute Gasteiger partial charge is 0.376 e. The first-order valence-electron chi connectivity index (χ1n) is 6.26. The molecule has 1 N–H and O–H groups in total. The molecule has 100 valence electrons. The molecule has 0 spiro atoms. The minimum Gasteiger partial charge on any atom is -0.376 e. The van der Waals surface area contributed by atoms with Crippen LogP contribution in [0.3, 0.4) is 0 Å². The number of nitrogens with zero attached hydrogens (tertiary/aromatic N) is 2. The second-order valence-corrected chi connectivity index (χ2v) is 5.41. The van der Waals surface area contributed by atoms with Gasteiger partial charge in [-0.25, -0.2) is 4.39 Å². The molecule has 1 saturated heterocycles. The van der Waals surface area contributed by atoms with Gasteiger partial charge in [0.05, 0.1) is 6.10 Å². The van der Waals surface area contributed by atoms with Gasteiger partial charge in [0.2, 0.25) is 5.13 Å². The van der Waals surface area contributed by atoms with Gasteiger partial charge in [0, 0.05) is 18.7 Å². The van der Waals surface area contributed by atoms with E-state index in [0.717, 1.165) is 41.7 Å². The number of benzene rings is 1. The van der Waals surface area contributed by atoms with E-state index >= 15 is 0 Å². The zero-order chi connectivity index (χ0) is 13.1. The minimum absolute atomic E-state index is 0.245. The molecule has 0 saturated carbocycles. The van der Waals surface area contributed by atoms with Crippen molar-refractivity contribution in [1.82, 2.24) is 10.2 Å². The zero-order valence-corrected chi connectivity index (χ0v) is 11.1. The van der Waals surface area contributed by atoms with Gasteiger partial charge in [-0.05, 0) is 37.1 Å². The van der Waals surface area contributed by atoms with E-state index in [-0.39, 0.29) is 11.9 Å². The van der Waals surface area contributed by atoms with Gasteiger partial charge in [0.1, 0.15) is 10.8 Å². The summed E-state index contributed by atoms with van der Waals surface area (Å²) in [6, 6.07) is 6.27. The summed E-state index contributed by atoms with van der Waals surface area (Å²) >= 11 is 1.46. The lowest BCUT2D eigenvalue weighted by Crippen LogP contribution is -2.18. The predicted molar refractivity (Wildman–Crippen MR) is 72.8 cm³/mol. The molecule has 4 nitrogen and oxygen atoms in total. The number of ether oxygens (including phenoxy) is 1. The summed E-state index contributed by atoms with van der Waals surface area (Å²) in [5, 5.41) is 13.0. The molecule has 1 fully saturated rings. The Kier molecular flexibility index (Phi) is 3.70. The Bertz CT molecular complexity index is 537. The third kappa shape index (κ3) is 3.08. The van der Waals surface area contributed by atoms with Crippen molar-refractivity contribution < 1.29 is 9.13 Å². The summed E-state index contributed by atoms with van der Waals surface area (Å²) in [5.74, 6) is -0.245. The normalized spacial score (nSPS) is 18.7. The molecule has 6 heteroatoms. The number of aromatic nitrogens is 2. The molecule has 0 radical (unpaired) electrons. The van der Waals surface area contributed by atoms with Crippen molar-refractivity contribution >= 4 is 16.5 Å². The quantitative estimate of drug-likeness (QED) is 0.934. The molecule has 1 aromatic heterocycles. The fourth-order valence-corrected chi connectivity index (χ4v) is 2.77. The second-order valence-electron chi connectivity index (χ2n) is 4.44. The maximum atomic E-state index is 12.8. The molecular formula is C13H14FN3OS. The molecular weight excluding hydrogens is 265 g/mol. The highest BCUT2D eigenvalue weighted by molar-refractivity contribution is 7.18. The van der Waals surface area contributed by atoms with Crippen molar-refractivity contribution in [3.63, 3.8) is 0 Å². The molecule has 0 amide bonds. The van der Waals surface area contributed by atoms with Crippen molar-refractivity contribution in [2.24, 2.45) is 0 Å². The number of anilines is 1. The summed E-state index contributed by atoms with van der Waals surface area (Å²) in [4.78, 5) is 0. The fraction of sp³-hybridized carbons (Fsp3) is 0.385. The standard InChI is InChI=1S/C13H14FN3OS/c14-10-5-3-9(4-6-10)12-16-17-13(19-12)15-8-11-2-1-7-18-11/h3-6,11H,1-2,7-8H2,(H,15,17)/t11-/m1/s1. The Morgan fingerprint density at radius 3 is 2.89 bits per heavy atom. The maximum Gasteiger partial charge on any atom is 0.206 e. The van der Waals surface area contributed by atoms with Gasteiger partial charge in [-0.15, -0.1) is 10.2 Å². The van der Waals surface area contributed by atoms with Gasteiger partial charge < -0.3 is 10.1 Å². The van der Waals surface area contributed by atoms with E-state index in [1.165, 1.54) is 23.5 Å². The number of halogens is 1. The lowest BCUT2D eigenvalue weighted by Gasteiger charge is -2.08. The summed E-state index contributed by atoms with van der Waals surface area (Å²) in [6.07, 6.45) is 2.50. The molecule has 3 rings (SSSR count). The van der Waals surface area contributed by atoms with E-state index in [1.807, 2.05) is 0 Å². The van der Waals surface area contributed by atoms with Crippen LogP contribution in [0.4, 0.5) is 9.52 Å². The Morgan fingerprint density at radius 1 is 1.32 bits per heavy atom. The maximum absolute atomic E-state index is 12.8. The summed E-state index contributed by atoms with van der Waals surface area (Å²) in [6.45, 7) is 1.61. The molecule has 2 aromatic rings. The first-order valence-corrected chi connectivity index (χ1v) is 7.08. The Hall–Kier alpha value is -1.53. The summed E-state index contributed by atoms with van der Waals surface area (Å²) in [7, 11) is 0. The third-order valence-corrected chi connectivity index (χ3v) is 3.95. The van der Waals surface area contributed by atoms with Crippen molar-refractivity contribution in [3.05, 3.63) is 30.1 Å². The minimum atomic E-state index is -0.245. The lowest BCUT2D eigenvalue weighted by molar-refractivity contribution is 0.120. The highest BCUT2D eigenvalue weighted by Gasteiger charge is 2.16. The topological polar surface area (TPSA) is 47.0 Å². The average molecular weight is 279 g/mol. The van der Waals surface area contributed by atoms with E-state index in [9.17, 15) is 4.39 Å². The van der Waals surface area contributed by atoms with Crippen LogP contribution < -0.4 is 5.32 Å². The van der Waals surface area contributed by atoms with E-state index in [2.05, 4.69) is 15.5 Å². The molecule has 1 atom stereocenters. The van der Waals surface area contributed by atoms with Crippen LogP contribution in [-0.2, 0) is 4.74 Å². The summed E-state index contributed by atoms with van der Waals surface area (Å²) in [5.41, 5.74) is 0.879. The monoisotopic (exact) mass is 279 g/mol. The van der Waals surface area contributed by atoms with Gasteiger partial charge in [-0.3, -0.25) is 0 Å². The van der Waals surface area contributed by atoms with Gasteiger partial charge in [0.15, 0.2) is 0 Å². The van der Waals surface area contributed by atoms with Crippen molar-refractivity contribution in [2.45, 2.75) is 18.9 Å². The van der Waals surface area contributed by atoms with E-state index in [4.69, 9.17) is 4.74 Å². The van der Waals surface area contributed by atoms with Crippen LogP contribution in [0, 0.1) is 5.82 Å². The average Bonchev–Trinajstić information content (AvgIpc) is 3.09. The third-order valence-electron chi connectivity index (χ3n) is 3.02. The molecule has 1 aliphatic heterocycles. The van der Waals surface area contributed by atoms with Crippen LogP contribution in [0.2, 0.25) is 0 Å². The molecule has 0 unspecified atom stereocenters. The smallest absolute Gasteiger partial charge is 0.206 e. The molecule has 1 aromatic carbocycles. The summed E-state index contributed by atoms with van der Waals surface area (Å²) < 4.78 is 18.4. The van der Waals surface area contributed by atoms with Crippen molar-refractivity contribution in [2.75, 3.05) is 18.5 Å². The van der Waals surface area contributed by atoms with Crippen LogP contribution >= 0.6 is 11.3 Å². The second kappa shape index (κ2) is 5.63. The van der Waals surface area contributed by atoms with E-state index in [0.29, 0.717) is 0 Å². The van der Waals surface area contributed by atoms with Crippen LogP contribution in [0.1, 0.15) is 12.8 Å². The number of hydrogen-bond acceptors (Lipinski definition) is 5. The van der Waals surface area contributed by atoms with Crippen LogP contribution in [0.15, 0.2) is 24.3 Å². The van der Waals surface area contributed by atoms with Gasteiger partial charge in [-0.2, -0.15) is 0 Å². The van der Waals surface area contributed by atoms with Crippen molar-refractivity contribution in [3.8, 4) is 10.6 Å². The zero-order valence-electron chi connectivity index (χ0n) is 10.3. The van der Waals surface area contributed by atoms with Gasteiger partial charge in [0.25, 0.3) is 0 Å². The fourth-order valence-electron chi connectivity index (χ4n) is 2.01. The lowest BCUT2D eigenvalue weighted by atomic mass is 10.2. The van der Waals surface area contributed by atoms with Crippen LogP contribution in [-0.4, -0.2) is 29.5 Å². The van der Waals surface area contributed by atoms with Gasteiger partial charge in [-0.1, -0.05) is 11.3 Å². The number of nitrogens with one attached hydrogen (secondary N) is 1. The Morgan fingerprint density at radius 2 is 2.16 bits per heavy atom. The Labute approximate surface area is 114 Å².